The molecule has 26 heavy (non-hydrogen) atoms. The first kappa shape index (κ1) is 24.3. The molecule has 0 aliphatic carbocycles. The summed E-state index contributed by atoms with van der Waals surface area (Å²) in [5.74, 6) is 0.323. The van der Waals surface area contributed by atoms with Gasteiger partial charge in [-0.1, -0.05) is 18.2 Å². The number of nitrogens with zero attached hydrogens (tertiary/aromatic N) is 2. The minimum atomic E-state index is -2.90. The van der Waals surface area contributed by atoms with Crippen LogP contribution >= 0.6 is 24.0 Å². The Morgan fingerprint density at radius 3 is 2.58 bits per heavy atom. The van der Waals surface area contributed by atoms with Crippen LogP contribution in [0.1, 0.15) is 5.56 Å². The number of benzene rings is 1. The molecule has 0 fully saturated rings. The van der Waals surface area contributed by atoms with E-state index in [0.717, 1.165) is 0 Å². The zero-order chi connectivity index (χ0) is 18.7. The Balaban J connectivity index is 0.00000625. The molecule has 0 aromatic heterocycles. The van der Waals surface area contributed by atoms with Crippen molar-refractivity contribution in [2.45, 2.75) is 13.2 Å². The fourth-order valence-electron chi connectivity index (χ4n) is 1.77. The van der Waals surface area contributed by atoms with Gasteiger partial charge in [0.15, 0.2) is 5.96 Å². The predicted molar refractivity (Wildman–Crippen MR) is 106 cm³/mol. The number of methoxy groups -OCH3 is 1. The fraction of sp³-hybridized carbons (Fsp3) is 0.500. The van der Waals surface area contributed by atoms with Gasteiger partial charge in [-0.3, -0.25) is 4.79 Å². The van der Waals surface area contributed by atoms with Gasteiger partial charge in [-0.15, -0.1) is 24.0 Å². The van der Waals surface area contributed by atoms with Crippen molar-refractivity contribution in [2.24, 2.45) is 4.99 Å². The van der Waals surface area contributed by atoms with Crippen LogP contribution in [-0.2, 0) is 16.1 Å². The molecule has 7 nitrogen and oxygen atoms in total. The van der Waals surface area contributed by atoms with Gasteiger partial charge in [-0.25, -0.2) is 4.99 Å². The number of carbonyl (C=O) groups is 1. The second-order valence-corrected chi connectivity index (χ2v) is 5.21. The molecule has 1 rings (SSSR count). The third-order valence-corrected chi connectivity index (χ3v) is 3.10. The van der Waals surface area contributed by atoms with Crippen LogP contribution in [0.4, 0.5) is 8.78 Å². The third kappa shape index (κ3) is 9.70. The van der Waals surface area contributed by atoms with Crippen LogP contribution in [0, 0.1) is 0 Å². The molecule has 0 saturated heterocycles. The Morgan fingerprint density at radius 2 is 1.96 bits per heavy atom. The van der Waals surface area contributed by atoms with Crippen LogP contribution in [0.2, 0.25) is 0 Å². The standard InChI is InChI=1S/C16H24F2N4O3.HI/c1-22(2)14(23)11-21-16(19-8-9-24-3)20-10-12-6-4-5-7-13(12)25-15(17)18;/h4-7,15H,8-11H2,1-3H3,(H2,19,20,21);1H. The molecule has 0 heterocycles. The minimum Gasteiger partial charge on any atom is -0.434 e. The second-order valence-electron chi connectivity index (χ2n) is 5.21. The predicted octanol–water partition coefficient (Wildman–Crippen LogP) is 1.68. The van der Waals surface area contributed by atoms with Crippen LogP contribution in [0.5, 0.6) is 5.75 Å². The van der Waals surface area contributed by atoms with E-state index in [9.17, 15) is 13.6 Å². The lowest BCUT2D eigenvalue weighted by Crippen LogP contribution is -2.43. The molecule has 0 aliphatic heterocycles. The Morgan fingerprint density at radius 1 is 1.27 bits per heavy atom. The van der Waals surface area contributed by atoms with E-state index in [1.165, 1.54) is 11.0 Å². The number of para-hydroxylation sites is 1. The van der Waals surface area contributed by atoms with E-state index in [0.29, 0.717) is 24.7 Å². The molecule has 10 heteroatoms. The highest BCUT2D eigenvalue weighted by Gasteiger charge is 2.10. The number of halogens is 3. The summed E-state index contributed by atoms with van der Waals surface area (Å²) < 4.78 is 34.3. The summed E-state index contributed by atoms with van der Waals surface area (Å²) in [7, 11) is 4.87. The highest BCUT2D eigenvalue weighted by Crippen LogP contribution is 2.20. The number of aliphatic imine (C=N–C) groups is 1. The monoisotopic (exact) mass is 486 g/mol. The Bertz CT molecular complexity index is 574. The highest BCUT2D eigenvalue weighted by molar-refractivity contribution is 14.0. The van der Waals surface area contributed by atoms with Crippen LogP contribution in [0.15, 0.2) is 29.3 Å². The summed E-state index contributed by atoms with van der Waals surface area (Å²) in [6.07, 6.45) is 0. The number of hydrogen-bond acceptors (Lipinski definition) is 4. The lowest BCUT2D eigenvalue weighted by atomic mass is 10.2. The molecule has 148 valence electrons. The molecule has 0 aliphatic rings. The molecule has 0 unspecified atom stereocenters. The van der Waals surface area contributed by atoms with Gasteiger partial charge in [0.2, 0.25) is 5.91 Å². The van der Waals surface area contributed by atoms with Gasteiger partial charge >= 0.3 is 6.61 Å². The van der Waals surface area contributed by atoms with E-state index in [1.807, 2.05) is 0 Å². The maximum absolute atomic E-state index is 12.5. The van der Waals surface area contributed by atoms with E-state index < -0.39 is 6.61 Å². The minimum absolute atomic E-state index is 0. The van der Waals surface area contributed by atoms with Crippen LogP contribution in [0.25, 0.3) is 0 Å². The SMILES string of the molecule is COCCNC(=NCc1ccccc1OC(F)F)NCC(=O)N(C)C.I. The van der Waals surface area contributed by atoms with Crippen LogP contribution < -0.4 is 15.4 Å². The first-order chi connectivity index (χ1) is 11.9. The van der Waals surface area contributed by atoms with Crippen molar-refractivity contribution < 1.29 is 23.0 Å². The van der Waals surface area contributed by atoms with Gasteiger partial charge in [-0.05, 0) is 6.07 Å². The number of guanidine groups is 1. The smallest absolute Gasteiger partial charge is 0.387 e. The largest absolute Gasteiger partial charge is 0.434 e. The Hall–Kier alpha value is -1.69. The van der Waals surface area contributed by atoms with Gasteiger partial charge in [0.1, 0.15) is 5.75 Å². The van der Waals surface area contributed by atoms with Gasteiger partial charge < -0.3 is 25.0 Å². The lowest BCUT2D eigenvalue weighted by Gasteiger charge is -2.15. The number of hydrogen-bond donors (Lipinski definition) is 2. The summed E-state index contributed by atoms with van der Waals surface area (Å²) in [6, 6.07) is 6.43. The number of likely N-dealkylation sites (N-methyl/N-ethyl adjacent to an activating group) is 1. The van der Waals surface area contributed by atoms with Crippen LogP contribution in [-0.4, -0.2) is 64.3 Å². The molecule has 1 amide bonds. The van der Waals surface area contributed by atoms with Crippen molar-refractivity contribution in [3.05, 3.63) is 29.8 Å². The molecular weight excluding hydrogens is 461 g/mol. The fourth-order valence-corrected chi connectivity index (χ4v) is 1.77. The van der Waals surface area contributed by atoms with Gasteiger partial charge in [-0.2, -0.15) is 8.78 Å². The van der Waals surface area contributed by atoms with Crippen molar-refractivity contribution in [3.63, 3.8) is 0 Å². The Labute approximate surface area is 169 Å². The third-order valence-electron chi connectivity index (χ3n) is 3.10. The van der Waals surface area contributed by atoms with Crippen molar-refractivity contribution in [1.29, 1.82) is 0 Å². The quantitative estimate of drug-likeness (QED) is 0.241. The van der Waals surface area contributed by atoms with Gasteiger partial charge in [0.05, 0.1) is 19.7 Å². The number of rotatable bonds is 9. The van der Waals surface area contributed by atoms with E-state index >= 15 is 0 Å². The molecule has 0 bridgehead atoms. The summed E-state index contributed by atoms with van der Waals surface area (Å²) in [4.78, 5) is 17.4. The molecule has 1 aromatic rings. The zero-order valence-corrected chi connectivity index (χ0v) is 17.3. The number of carbonyl (C=O) groups excluding carboxylic acids is 1. The van der Waals surface area contributed by atoms with Crippen molar-refractivity contribution >= 4 is 35.8 Å². The summed E-state index contributed by atoms with van der Waals surface area (Å²) in [5, 5.41) is 5.89. The lowest BCUT2D eigenvalue weighted by molar-refractivity contribution is -0.127. The molecule has 0 saturated carbocycles. The topological polar surface area (TPSA) is 75.2 Å². The van der Waals surface area contributed by atoms with Crippen molar-refractivity contribution in [2.75, 3.05) is 40.9 Å². The molecule has 0 radical (unpaired) electrons. The molecule has 1 aromatic carbocycles. The van der Waals surface area contributed by atoms with E-state index in [2.05, 4.69) is 20.4 Å². The average molecular weight is 486 g/mol. The number of nitrogens with one attached hydrogen (secondary N) is 2. The summed E-state index contributed by atoms with van der Waals surface area (Å²) in [5.41, 5.74) is 0.509. The zero-order valence-electron chi connectivity index (χ0n) is 15.0. The number of ether oxygens (including phenoxy) is 2. The summed E-state index contributed by atoms with van der Waals surface area (Å²) in [6.45, 7) is -1.80. The molecular formula is C16H25F2IN4O3. The normalized spacial score (nSPS) is 10.9. The first-order valence-corrected chi connectivity index (χ1v) is 7.68. The second kappa shape index (κ2) is 13.5. The van der Waals surface area contributed by atoms with Crippen molar-refractivity contribution in [3.8, 4) is 5.75 Å². The maximum Gasteiger partial charge on any atom is 0.387 e. The first-order valence-electron chi connectivity index (χ1n) is 7.68. The van der Waals surface area contributed by atoms with E-state index in [1.54, 1.807) is 39.4 Å². The highest BCUT2D eigenvalue weighted by atomic mass is 127. The molecule has 2 N–H and O–H groups in total. The average Bonchev–Trinajstić information content (AvgIpc) is 2.57. The summed E-state index contributed by atoms with van der Waals surface area (Å²) >= 11 is 0. The van der Waals surface area contributed by atoms with E-state index in [4.69, 9.17) is 4.74 Å². The maximum atomic E-state index is 12.5. The van der Waals surface area contributed by atoms with E-state index in [-0.39, 0.29) is 48.7 Å². The van der Waals surface area contributed by atoms with Crippen LogP contribution in [0.3, 0.4) is 0 Å². The number of amides is 1. The van der Waals surface area contributed by atoms with Gasteiger partial charge in [0.25, 0.3) is 0 Å². The number of alkyl halides is 2. The molecule has 0 atom stereocenters. The van der Waals surface area contributed by atoms with Gasteiger partial charge in [0, 0.05) is 33.3 Å². The Kier molecular flexibility index (Phi) is 12.6. The van der Waals surface area contributed by atoms with Crippen molar-refractivity contribution in [1.82, 2.24) is 15.5 Å². The molecule has 0 spiro atoms.